The summed E-state index contributed by atoms with van der Waals surface area (Å²) in [5, 5.41) is 15.6. The summed E-state index contributed by atoms with van der Waals surface area (Å²) in [6.07, 6.45) is 2.19. The Morgan fingerprint density at radius 1 is 1.61 bits per heavy atom. The second-order valence-corrected chi connectivity index (χ2v) is 4.37. The van der Waals surface area contributed by atoms with Crippen molar-refractivity contribution < 1.29 is 14.7 Å². The molecule has 1 atom stereocenters. The Morgan fingerprint density at radius 3 is 2.94 bits per heavy atom. The highest BCUT2D eigenvalue weighted by atomic mass is 16.4. The maximum atomic E-state index is 11.8. The van der Waals surface area contributed by atoms with Crippen molar-refractivity contribution in [2.24, 2.45) is 13.0 Å². The van der Waals surface area contributed by atoms with Gasteiger partial charge in [0, 0.05) is 26.3 Å². The monoisotopic (exact) mass is 252 g/mol. The number of nitrogens with zero attached hydrogens (tertiary/aromatic N) is 3. The molecule has 0 bridgehead atoms. The Balaban J connectivity index is 1.83. The second-order valence-electron chi connectivity index (χ2n) is 4.37. The molecule has 0 radical (unpaired) electrons. The molecule has 1 fully saturated rings. The van der Waals surface area contributed by atoms with Crippen molar-refractivity contribution >= 4 is 12.0 Å². The van der Waals surface area contributed by atoms with Crippen LogP contribution in [0.4, 0.5) is 4.79 Å². The van der Waals surface area contributed by atoms with Gasteiger partial charge in [-0.25, -0.2) is 4.79 Å². The zero-order valence-electron chi connectivity index (χ0n) is 10.2. The number of carboxylic acids is 1. The number of carboxylic acid groups (broad SMARTS) is 1. The highest BCUT2D eigenvalue weighted by Gasteiger charge is 2.30. The summed E-state index contributed by atoms with van der Waals surface area (Å²) in [5.74, 6) is -1.27. The van der Waals surface area contributed by atoms with Gasteiger partial charge in [0.15, 0.2) is 0 Å². The summed E-state index contributed by atoms with van der Waals surface area (Å²) < 4.78 is 1.68. The third-order valence-electron chi connectivity index (χ3n) is 3.17. The average Bonchev–Trinajstić information content (AvgIpc) is 2.94. The van der Waals surface area contributed by atoms with Gasteiger partial charge < -0.3 is 15.3 Å². The first kappa shape index (κ1) is 12.4. The third kappa shape index (κ3) is 2.61. The molecule has 1 aromatic rings. The first-order valence-corrected chi connectivity index (χ1v) is 5.80. The Labute approximate surface area is 104 Å². The Morgan fingerprint density at radius 2 is 2.39 bits per heavy atom. The number of likely N-dealkylation sites (tertiary alicyclic amines) is 1. The van der Waals surface area contributed by atoms with Gasteiger partial charge >= 0.3 is 12.0 Å². The number of hydrogen-bond acceptors (Lipinski definition) is 3. The standard InChI is InChI=1S/C11H16N4O3/c1-14-9(2-4-13-14)6-12-11(18)15-5-3-8(7-15)10(16)17/h2,4,8H,3,5-7H2,1H3,(H,12,18)(H,16,17). The van der Waals surface area contributed by atoms with E-state index >= 15 is 0 Å². The van der Waals surface area contributed by atoms with Gasteiger partial charge in [0.2, 0.25) is 0 Å². The molecule has 0 aliphatic carbocycles. The maximum absolute atomic E-state index is 11.8. The smallest absolute Gasteiger partial charge is 0.317 e. The molecule has 7 heteroatoms. The van der Waals surface area contributed by atoms with Crippen molar-refractivity contribution in [1.82, 2.24) is 20.0 Å². The molecule has 1 aromatic heterocycles. The summed E-state index contributed by atoms with van der Waals surface area (Å²) in [7, 11) is 1.80. The number of aryl methyl sites for hydroxylation is 1. The molecule has 1 aliphatic rings. The molecule has 7 nitrogen and oxygen atoms in total. The van der Waals surface area contributed by atoms with Crippen LogP contribution in [-0.4, -0.2) is 44.9 Å². The van der Waals surface area contributed by atoms with Gasteiger partial charge in [0.25, 0.3) is 0 Å². The third-order valence-corrected chi connectivity index (χ3v) is 3.17. The lowest BCUT2D eigenvalue weighted by atomic mass is 10.1. The highest BCUT2D eigenvalue weighted by molar-refractivity contribution is 5.77. The van der Waals surface area contributed by atoms with Crippen LogP contribution in [-0.2, 0) is 18.4 Å². The summed E-state index contributed by atoms with van der Waals surface area (Å²) in [6.45, 7) is 1.17. The lowest BCUT2D eigenvalue weighted by Crippen LogP contribution is -2.38. The number of nitrogens with one attached hydrogen (secondary N) is 1. The van der Waals surface area contributed by atoms with E-state index in [9.17, 15) is 9.59 Å². The molecule has 1 unspecified atom stereocenters. The summed E-state index contributed by atoms with van der Waals surface area (Å²) >= 11 is 0. The number of rotatable bonds is 3. The number of urea groups is 1. The number of carbonyl (C=O) groups excluding carboxylic acids is 1. The normalized spacial score (nSPS) is 18.9. The topological polar surface area (TPSA) is 87.5 Å². The Bertz CT molecular complexity index is 457. The van der Waals surface area contributed by atoms with Crippen molar-refractivity contribution in [2.75, 3.05) is 13.1 Å². The van der Waals surface area contributed by atoms with Gasteiger partial charge in [-0.3, -0.25) is 9.48 Å². The first-order valence-electron chi connectivity index (χ1n) is 5.80. The molecule has 18 heavy (non-hydrogen) atoms. The van der Waals surface area contributed by atoms with E-state index in [0.717, 1.165) is 5.69 Å². The SMILES string of the molecule is Cn1nccc1CNC(=O)N1CCC(C(=O)O)C1. The zero-order valence-corrected chi connectivity index (χ0v) is 10.2. The van der Waals surface area contributed by atoms with Crippen LogP contribution in [0.15, 0.2) is 12.3 Å². The molecule has 2 heterocycles. The molecule has 2 amide bonds. The van der Waals surface area contributed by atoms with Gasteiger partial charge in [0.1, 0.15) is 0 Å². The quantitative estimate of drug-likeness (QED) is 0.795. The van der Waals surface area contributed by atoms with Crippen LogP contribution in [0.25, 0.3) is 0 Å². The van der Waals surface area contributed by atoms with Gasteiger partial charge in [-0.2, -0.15) is 5.10 Å². The number of aliphatic carboxylic acids is 1. The average molecular weight is 252 g/mol. The summed E-state index contributed by atoms with van der Waals surface area (Å²) in [5.41, 5.74) is 0.900. The minimum absolute atomic E-state index is 0.222. The van der Waals surface area contributed by atoms with Crippen LogP contribution in [0.2, 0.25) is 0 Å². The van der Waals surface area contributed by atoms with Crippen LogP contribution in [0.5, 0.6) is 0 Å². The van der Waals surface area contributed by atoms with Crippen molar-refractivity contribution in [3.8, 4) is 0 Å². The maximum Gasteiger partial charge on any atom is 0.317 e. The lowest BCUT2D eigenvalue weighted by Gasteiger charge is -2.16. The molecule has 2 N–H and O–H groups in total. The van der Waals surface area contributed by atoms with E-state index < -0.39 is 11.9 Å². The molecule has 2 rings (SSSR count). The minimum atomic E-state index is -0.836. The van der Waals surface area contributed by atoms with Crippen molar-refractivity contribution in [1.29, 1.82) is 0 Å². The fraction of sp³-hybridized carbons (Fsp3) is 0.545. The number of aromatic nitrogens is 2. The predicted molar refractivity (Wildman–Crippen MR) is 62.8 cm³/mol. The molecular weight excluding hydrogens is 236 g/mol. The fourth-order valence-corrected chi connectivity index (χ4v) is 2.00. The van der Waals surface area contributed by atoms with Gasteiger partial charge in [-0.15, -0.1) is 0 Å². The molecule has 0 aromatic carbocycles. The summed E-state index contributed by atoms with van der Waals surface area (Å²) in [6, 6.07) is 1.60. The molecule has 98 valence electrons. The van der Waals surface area contributed by atoms with Gasteiger partial charge in [-0.05, 0) is 12.5 Å². The molecule has 1 saturated heterocycles. The van der Waals surface area contributed by atoms with Gasteiger partial charge in [0.05, 0.1) is 18.2 Å². The summed E-state index contributed by atoms with van der Waals surface area (Å²) in [4.78, 5) is 24.1. The minimum Gasteiger partial charge on any atom is -0.481 e. The number of carbonyl (C=O) groups is 2. The predicted octanol–water partition coefficient (Wildman–Crippen LogP) is 0.0362. The van der Waals surface area contributed by atoms with E-state index in [1.54, 1.807) is 17.9 Å². The van der Waals surface area contributed by atoms with Crippen molar-refractivity contribution in [2.45, 2.75) is 13.0 Å². The first-order chi connectivity index (χ1) is 8.58. The van der Waals surface area contributed by atoms with Crippen LogP contribution in [0.3, 0.4) is 0 Å². The van der Waals surface area contributed by atoms with Crippen molar-refractivity contribution in [3.05, 3.63) is 18.0 Å². The van der Waals surface area contributed by atoms with Crippen LogP contribution in [0.1, 0.15) is 12.1 Å². The molecule has 0 saturated carbocycles. The highest BCUT2D eigenvalue weighted by Crippen LogP contribution is 2.16. The van der Waals surface area contributed by atoms with Crippen LogP contribution >= 0.6 is 0 Å². The Kier molecular flexibility index (Phi) is 3.50. The van der Waals surface area contributed by atoms with E-state index in [1.807, 2.05) is 6.07 Å². The zero-order chi connectivity index (χ0) is 13.1. The van der Waals surface area contributed by atoms with E-state index in [0.29, 0.717) is 19.5 Å². The van der Waals surface area contributed by atoms with E-state index in [2.05, 4.69) is 10.4 Å². The number of hydrogen-bond donors (Lipinski definition) is 2. The molecule has 0 spiro atoms. The second kappa shape index (κ2) is 5.07. The molecule has 1 aliphatic heterocycles. The van der Waals surface area contributed by atoms with E-state index in [1.165, 1.54) is 4.90 Å². The van der Waals surface area contributed by atoms with E-state index in [4.69, 9.17) is 5.11 Å². The lowest BCUT2D eigenvalue weighted by molar-refractivity contribution is -0.141. The molecular formula is C11H16N4O3. The van der Waals surface area contributed by atoms with Crippen LogP contribution < -0.4 is 5.32 Å². The van der Waals surface area contributed by atoms with Crippen molar-refractivity contribution in [3.63, 3.8) is 0 Å². The largest absolute Gasteiger partial charge is 0.481 e. The fourth-order valence-electron chi connectivity index (χ4n) is 2.00. The van der Waals surface area contributed by atoms with Crippen LogP contribution in [0, 0.1) is 5.92 Å². The Hall–Kier alpha value is -2.05. The van der Waals surface area contributed by atoms with Gasteiger partial charge in [-0.1, -0.05) is 0 Å². The van der Waals surface area contributed by atoms with E-state index in [-0.39, 0.29) is 12.6 Å². The number of amides is 2.